The highest BCUT2D eigenvalue weighted by atomic mass is 32.1. The molecule has 0 fully saturated rings. The molecular weight excluding hydrogens is 264 g/mol. The Morgan fingerprint density at radius 2 is 2.00 bits per heavy atom. The monoisotopic (exact) mass is 284 g/mol. The first kappa shape index (κ1) is 15.5. The van der Waals surface area contributed by atoms with E-state index in [1.54, 1.807) is 27.4 Å². The van der Waals surface area contributed by atoms with Crippen LogP contribution in [0.1, 0.15) is 6.92 Å². The SMILES string of the molecule is COCC(C)NC(=S)Nc1ccc(OC)cc1OC. The molecule has 0 aliphatic rings. The predicted octanol–water partition coefficient (Wildman–Crippen LogP) is 2.03. The summed E-state index contributed by atoms with van der Waals surface area (Å²) >= 11 is 5.23. The number of hydrogen-bond donors (Lipinski definition) is 2. The van der Waals surface area contributed by atoms with Gasteiger partial charge in [0.25, 0.3) is 0 Å². The minimum Gasteiger partial charge on any atom is -0.497 e. The molecule has 0 spiro atoms. The van der Waals surface area contributed by atoms with Crippen molar-refractivity contribution < 1.29 is 14.2 Å². The quantitative estimate of drug-likeness (QED) is 0.780. The fourth-order valence-electron chi connectivity index (χ4n) is 1.58. The molecule has 1 unspecified atom stereocenters. The molecule has 2 N–H and O–H groups in total. The highest BCUT2D eigenvalue weighted by Gasteiger charge is 2.08. The van der Waals surface area contributed by atoms with Crippen molar-refractivity contribution in [1.29, 1.82) is 0 Å². The maximum absolute atomic E-state index is 5.29. The summed E-state index contributed by atoms with van der Waals surface area (Å²) in [6, 6.07) is 5.62. The number of benzene rings is 1. The van der Waals surface area contributed by atoms with Gasteiger partial charge in [0.15, 0.2) is 5.11 Å². The van der Waals surface area contributed by atoms with Gasteiger partial charge < -0.3 is 24.8 Å². The van der Waals surface area contributed by atoms with Gasteiger partial charge in [-0.05, 0) is 31.3 Å². The summed E-state index contributed by atoms with van der Waals surface area (Å²) in [5, 5.41) is 6.73. The normalized spacial score (nSPS) is 11.6. The first-order valence-corrected chi connectivity index (χ1v) is 6.30. The third-order valence-corrected chi connectivity index (χ3v) is 2.67. The lowest BCUT2D eigenvalue weighted by atomic mass is 10.2. The second-order valence-electron chi connectivity index (χ2n) is 4.02. The molecule has 0 amide bonds. The van der Waals surface area contributed by atoms with E-state index in [-0.39, 0.29) is 6.04 Å². The molecule has 5 nitrogen and oxygen atoms in total. The Kier molecular flexibility index (Phi) is 6.38. The Hall–Kier alpha value is -1.53. The van der Waals surface area contributed by atoms with Gasteiger partial charge in [0.05, 0.1) is 26.5 Å². The Morgan fingerprint density at radius 1 is 1.26 bits per heavy atom. The molecule has 0 heterocycles. The number of ether oxygens (including phenoxy) is 3. The lowest BCUT2D eigenvalue weighted by molar-refractivity contribution is 0.179. The van der Waals surface area contributed by atoms with Crippen LogP contribution in [-0.2, 0) is 4.74 Å². The molecule has 0 aliphatic heterocycles. The smallest absolute Gasteiger partial charge is 0.171 e. The molecule has 0 aliphatic carbocycles. The van der Waals surface area contributed by atoms with Gasteiger partial charge in [0, 0.05) is 19.2 Å². The van der Waals surface area contributed by atoms with E-state index in [2.05, 4.69) is 10.6 Å². The van der Waals surface area contributed by atoms with Crippen molar-refractivity contribution in [1.82, 2.24) is 5.32 Å². The zero-order valence-corrected chi connectivity index (χ0v) is 12.5. The van der Waals surface area contributed by atoms with E-state index in [0.29, 0.717) is 17.5 Å². The fraction of sp³-hybridized carbons (Fsp3) is 0.462. The van der Waals surface area contributed by atoms with E-state index in [9.17, 15) is 0 Å². The number of thiocarbonyl (C=S) groups is 1. The maximum Gasteiger partial charge on any atom is 0.171 e. The van der Waals surface area contributed by atoms with E-state index in [1.807, 2.05) is 19.1 Å². The van der Waals surface area contributed by atoms with Crippen molar-refractivity contribution in [2.45, 2.75) is 13.0 Å². The molecule has 6 heteroatoms. The van der Waals surface area contributed by atoms with Gasteiger partial charge in [-0.15, -0.1) is 0 Å². The van der Waals surface area contributed by atoms with Crippen LogP contribution in [0, 0.1) is 0 Å². The van der Waals surface area contributed by atoms with Crippen molar-refractivity contribution in [3.63, 3.8) is 0 Å². The Labute approximate surface area is 119 Å². The minimum absolute atomic E-state index is 0.134. The first-order chi connectivity index (χ1) is 9.10. The average molecular weight is 284 g/mol. The van der Waals surface area contributed by atoms with E-state index in [1.165, 1.54) is 0 Å². The molecule has 106 valence electrons. The molecule has 1 atom stereocenters. The van der Waals surface area contributed by atoms with Crippen LogP contribution in [0.5, 0.6) is 11.5 Å². The number of rotatable bonds is 6. The summed E-state index contributed by atoms with van der Waals surface area (Å²) in [5.41, 5.74) is 0.783. The lowest BCUT2D eigenvalue weighted by Gasteiger charge is -2.17. The summed E-state index contributed by atoms with van der Waals surface area (Å²) in [5.74, 6) is 1.40. The van der Waals surface area contributed by atoms with E-state index >= 15 is 0 Å². The van der Waals surface area contributed by atoms with E-state index < -0.39 is 0 Å². The predicted molar refractivity (Wildman–Crippen MR) is 80.2 cm³/mol. The van der Waals surface area contributed by atoms with Gasteiger partial charge in [-0.25, -0.2) is 0 Å². The number of methoxy groups -OCH3 is 3. The van der Waals surface area contributed by atoms with Crippen molar-refractivity contribution in [3.8, 4) is 11.5 Å². The topological polar surface area (TPSA) is 51.8 Å². The molecule has 0 radical (unpaired) electrons. The molecular formula is C13H20N2O3S. The van der Waals surface area contributed by atoms with Crippen LogP contribution in [0.25, 0.3) is 0 Å². The highest BCUT2D eigenvalue weighted by molar-refractivity contribution is 7.80. The molecule has 0 bridgehead atoms. The van der Waals surface area contributed by atoms with Crippen molar-refractivity contribution >= 4 is 23.0 Å². The van der Waals surface area contributed by atoms with Gasteiger partial charge in [-0.3, -0.25) is 0 Å². The standard InChI is InChI=1S/C13H20N2O3S/c1-9(8-16-2)14-13(19)15-11-6-5-10(17-3)7-12(11)18-4/h5-7,9H,8H2,1-4H3,(H2,14,15,19). The second-order valence-corrected chi connectivity index (χ2v) is 4.43. The summed E-state index contributed by atoms with van der Waals surface area (Å²) < 4.78 is 15.5. The van der Waals surface area contributed by atoms with Crippen LogP contribution >= 0.6 is 12.2 Å². The van der Waals surface area contributed by atoms with Gasteiger partial charge in [0.1, 0.15) is 11.5 Å². The zero-order chi connectivity index (χ0) is 14.3. The summed E-state index contributed by atoms with van der Waals surface area (Å²) in [4.78, 5) is 0. The minimum atomic E-state index is 0.134. The third kappa shape index (κ3) is 4.92. The summed E-state index contributed by atoms with van der Waals surface area (Å²) in [6.45, 7) is 2.57. The second kappa shape index (κ2) is 7.81. The Balaban J connectivity index is 2.68. The molecule has 1 aromatic carbocycles. The largest absolute Gasteiger partial charge is 0.497 e. The number of anilines is 1. The Bertz CT molecular complexity index is 426. The van der Waals surface area contributed by atoms with Crippen LogP contribution in [0.2, 0.25) is 0 Å². The van der Waals surface area contributed by atoms with Gasteiger partial charge >= 0.3 is 0 Å². The van der Waals surface area contributed by atoms with Crippen LogP contribution in [0.3, 0.4) is 0 Å². The lowest BCUT2D eigenvalue weighted by Crippen LogP contribution is -2.38. The van der Waals surface area contributed by atoms with Crippen molar-refractivity contribution in [3.05, 3.63) is 18.2 Å². The van der Waals surface area contributed by atoms with Gasteiger partial charge in [-0.1, -0.05) is 0 Å². The summed E-state index contributed by atoms with van der Waals surface area (Å²) in [6.07, 6.45) is 0. The first-order valence-electron chi connectivity index (χ1n) is 5.89. The molecule has 0 saturated heterocycles. The van der Waals surface area contributed by atoms with Crippen LogP contribution < -0.4 is 20.1 Å². The Morgan fingerprint density at radius 3 is 2.58 bits per heavy atom. The summed E-state index contributed by atoms with van der Waals surface area (Å²) in [7, 11) is 4.87. The molecule has 0 aromatic heterocycles. The van der Waals surface area contributed by atoms with Crippen LogP contribution in [0.4, 0.5) is 5.69 Å². The van der Waals surface area contributed by atoms with Gasteiger partial charge in [-0.2, -0.15) is 0 Å². The molecule has 0 saturated carbocycles. The van der Waals surface area contributed by atoms with Crippen molar-refractivity contribution in [2.75, 3.05) is 33.3 Å². The van der Waals surface area contributed by atoms with Crippen LogP contribution in [0.15, 0.2) is 18.2 Å². The van der Waals surface area contributed by atoms with E-state index in [4.69, 9.17) is 26.4 Å². The molecule has 1 aromatic rings. The van der Waals surface area contributed by atoms with E-state index in [0.717, 1.165) is 11.4 Å². The van der Waals surface area contributed by atoms with Gasteiger partial charge in [0.2, 0.25) is 0 Å². The molecule has 1 rings (SSSR count). The highest BCUT2D eigenvalue weighted by Crippen LogP contribution is 2.28. The average Bonchev–Trinajstić information content (AvgIpc) is 2.39. The fourth-order valence-corrected chi connectivity index (χ4v) is 1.89. The van der Waals surface area contributed by atoms with Crippen LogP contribution in [-0.4, -0.2) is 39.1 Å². The number of hydrogen-bond acceptors (Lipinski definition) is 4. The molecule has 19 heavy (non-hydrogen) atoms. The zero-order valence-electron chi connectivity index (χ0n) is 11.6. The number of nitrogens with one attached hydrogen (secondary N) is 2. The maximum atomic E-state index is 5.29. The third-order valence-electron chi connectivity index (χ3n) is 2.45. The van der Waals surface area contributed by atoms with Crippen molar-refractivity contribution in [2.24, 2.45) is 0 Å².